The van der Waals surface area contributed by atoms with Crippen LogP contribution in [-0.4, -0.2) is 16.9 Å². The lowest BCUT2D eigenvalue weighted by Crippen LogP contribution is -2.26. The Labute approximate surface area is 129 Å². The number of benzene rings is 1. The first-order chi connectivity index (χ1) is 10.1. The van der Waals surface area contributed by atoms with Crippen LogP contribution in [0.25, 0.3) is 11.3 Å². The van der Waals surface area contributed by atoms with Gasteiger partial charge in [-0.05, 0) is 25.5 Å². The fourth-order valence-corrected chi connectivity index (χ4v) is 2.80. The van der Waals surface area contributed by atoms with E-state index in [-0.39, 0.29) is 11.9 Å². The highest BCUT2D eigenvalue weighted by molar-refractivity contribution is 7.09. The Hall–Kier alpha value is -1.72. The highest BCUT2D eigenvalue weighted by atomic mass is 32.1. The van der Waals surface area contributed by atoms with Gasteiger partial charge in [0.25, 0.3) is 0 Å². The molecule has 1 aromatic heterocycles. The summed E-state index contributed by atoms with van der Waals surface area (Å²) in [5.41, 5.74) is 8.63. The van der Waals surface area contributed by atoms with Gasteiger partial charge in [0.1, 0.15) is 0 Å². The highest BCUT2D eigenvalue weighted by Gasteiger charge is 2.10. The van der Waals surface area contributed by atoms with Crippen molar-refractivity contribution >= 4 is 22.9 Å². The van der Waals surface area contributed by atoms with Gasteiger partial charge in [-0.15, -0.1) is 11.3 Å². The minimum Gasteiger partial charge on any atom is -0.327 e. The minimum atomic E-state index is -0.0700. The van der Waals surface area contributed by atoms with E-state index < -0.39 is 0 Å². The molecule has 0 aliphatic rings. The number of aryl methyl sites for hydroxylation is 1. The summed E-state index contributed by atoms with van der Waals surface area (Å²) in [7, 11) is 0. The molecule has 0 saturated carbocycles. The lowest BCUT2D eigenvalue weighted by atomic mass is 10.1. The number of nitrogens with zero attached hydrogens (tertiary/aromatic N) is 1. The Balaban J connectivity index is 2.03. The second kappa shape index (κ2) is 7.33. The van der Waals surface area contributed by atoms with Crippen LogP contribution in [-0.2, 0) is 4.79 Å². The Morgan fingerprint density at radius 1 is 1.48 bits per heavy atom. The first kappa shape index (κ1) is 15.7. The van der Waals surface area contributed by atoms with Crippen molar-refractivity contribution in [3.63, 3.8) is 0 Å². The van der Waals surface area contributed by atoms with E-state index >= 15 is 0 Å². The lowest BCUT2D eigenvalue weighted by Gasteiger charge is -2.11. The predicted octanol–water partition coefficient (Wildman–Crippen LogP) is 3.57. The molecule has 1 atom stereocenters. The van der Waals surface area contributed by atoms with Crippen LogP contribution in [0.2, 0.25) is 0 Å². The maximum absolute atomic E-state index is 11.9. The molecule has 5 heteroatoms. The molecule has 0 aliphatic carbocycles. The number of anilines is 1. The van der Waals surface area contributed by atoms with E-state index in [4.69, 9.17) is 5.73 Å². The third-order valence-electron chi connectivity index (χ3n) is 3.17. The summed E-state index contributed by atoms with van der Waals surface area (Å²) in [5, 5.41) is 5.96. The highest BCUT2D eigenvalue weighted by Crippen LogP contribution is 2.24. The SMILES string of the molecule is CCCC(N)CC(=O)Nc1cccc(-c2csc(C)n2)c1. The van der Waals surface area contributed by atoms with Gasteiger partial charge in [0.05, 0.1) is 10.7 Å². The Kier molecular flexibility index (Phi) is 5.47. The van der Waals surface area contributed by atoms with Crippen molar-refractivity contribution in [3.05, 3.63) is 34.7 Å². The average Bonchev–Trinajstić information content (AvgIpc) is 2.86. The molecule has 112 valence electrons. The number of nitrogens with two attached hydrogens (primary N) is 1. The number of carbonyl (C=O) groups excluding carboxylic acids is 1. The molecule has 21 heavy (non-hydrogen) atoms. The van der Waals surface area contributed by atoms with Crippen LogP contribution in [0.5, 0.6) is 0 Å². The number of nitrogens with one attached hydrogen (secondary N) is 1. The standard InChI is InChI=1S/C16H21N3OS/c1-3-5-13(17)9-16(20)19-14-7-4-6-12(8-14)15-10-21-11(2)18-15/h4,6-8,10,13H,3,5,9,17H2,1-2H3,(H,19,20). The van der Waals surface area contributed by atoms with Gasteiger partial charge in [-0.25, -0.2) is 4.98 Å². The van der Waals surface area contributed by atoms with E-state index in [0.29, 0.717) is 6.42 Å². The van der Waals surface area contributed by atoms with Gasteiger partial charge in [-0.1, -0.05) is 25.5 Å². The minimum absolute atomic E-state index is 0.0393. The number of hydrogen-bond donors (Lipinski definition) is 2. The first-order valence-corrected chi connectivity index (χ1v) is 8.04. The van der Waals surface area contributed by atoms with E-state index in [1.807, 2.05) is 36.6 Å². The summed E-state index contributed by atoms with van der Waals surface area (Å²) >= 11 is 1.62. The van der Waals surface area contributed by atoms with Crippen LogP contribution in [0.4, 0.5) is 5.69 Å². The van der Waals surface area contributed by atoms with Crippen LogP contribution >= 0.6 is 11.3 Å². The van der Waals surface area contributed by atoms with E-state index in [1.54, 1.807) is 11.3 Å². The number of hydrogen-bond acceptors (Lipinski definition) is 4. The molecule has 0 radical (unpaired) electrons. The van der Waals surface area contributed by atoms with Crippen molar-refractivity contribution < 1.29 is 4.79 Å². The Bertz CT molecular complexity index is 609. The van der Waals surface area contributed by atoms with Gasteiger partial charge in [0.2, 0.25) is 5.91 Å². The Morgan fingerprint density at radius 3 is 2.95 bits per heavy atom. The Morgan fingerprint density at radius 2 is 2.29 bits per heavy atom. The van der Waals surface area contributed by atoms with Crippen LogP contribution < -0.4 is 11.1 Å². The van der Waals surface area contributed by atoms with Gasteiger partial charge < -0.3 is 11.1 Å². The smallest absolute Gasteiger partial charge is 0.225 e. The molecule has 3 N–H and O–H groups in total. The zero-order valence-electron chi connectivity index (χ0n) is 12.4. The lowest BCUT2D eigenvalue weighted by molar-refractivity contribution is -0.116. The number of thiazole rings is 1. The van der Waals surface area contributed by atoms with Crippen molar-refractivity contribution in [2.45, 2.75) is 39.2 Å². The summed E-state index contributed by atoms with van der Waals surface area (Å²) in [6.07, 6.45) is 2.21. The zero-order chi connectivity index (χ0) is 15.2. The number of carbonyl (C=O) groups is 1. The second-order valence-electron chi connectivity index (χ2n) is 5.13. The van der Waals surface area contributed by atoms with Gasteiger partial charge in [0, 0.05) is 29.1 Å². The van der Waals surface area contributed by atoms with Crippen LogP contribution in [0, 0.1) is 6.92 Å². The summed E-state index contributed by atoms with van der Waals surface area (Å²) in [6, 6.07) is 7.67. The third kappa shape index (κ3) is 4.65. The largest absolute Gasteiger partial charge is 0.327 e. The molecule has 1 aromatic carbocycles. The van der Waals surface area contributed by atoms with Crippen molar-refractivity contribution in [3.8, 4) is 11.3 Å². The fraction of sp³-hybridized carbons (Fsp3) is 0.375. The van der Waals surface area contributed by atoms with E-state index in [0.717, 1.165) is 34.8 Å². The van der Waals surface area contributed by atoms with Gasteiger partial charge in [-0.3, -0.25) is 4.79 Å². The van der Waals surface area contributed by atoms with Gasteiger partial charge in [-0.2, -0.15) is 0 Å². The molecule has 1 amide bonds. The molecular weight excluding hydrogens is 282 g/mol. The molecule has 0 fully saturated rings. The molecule has 1 unspecified atom stereocenters. The molecule has 0 bridgehead atoms. The zero-order valence-corrected chi connectivity index (χ0v) is 13.2. The average molecular weight is 303 g/mol. The number of aromatic nitrogens is 1. The summed E-state index contributed by atoms with van der Waals surface area (Å²) in [4.78, 5) is 16.4. The summed E-state index contributed by atoms with van der Waals surface area (Å²) < 4.78 is 0. The molecule has 0 spiro atoms. The molecular formula is C16H21N3OS. The van der Waals surface area contributed by atoms with Crippen LogP contribution in [0.15, 0.2) is 29.6 Å². The normalized spacial score (nSPS) is 12.1. The molecule has 2 aromatic rings. The van der Waals surface area contributed by atoms with E-state index in [9.17, 15) is 4.79 Å². The molecule has 4 nitrogen and oxygen atoms in total. The van der Waals surface area contributed by atoms with Crippen LogP contribution in [0.1, 0.15) is 31.2 Å². The van der Waals surface area contributed by atoms with E-state index in [2.05, 4.69) is 17.2 Å². The molecule has 0 aliphatic heterocycles. The van der Waals surface area contributed by atoms with Crippen molar-refractivity contribution in [2.75, 3.05) is 5.32 Å². The van der Waals surface area contributed by atoms with Crippen molar-refractivity contribution in [1.82, 2.24) is 4.98 Å². The monoisotopic (exact) mass is 303 g/mol. The third-order valence-corrected chi connectivity index (χ3v) is 3.94. The fourth-order valence-electron chi connectivity index (χ4n) is 2.18. The van der Waals surface area contributed by atoms with Crippen molar-refractivity contribution in [1.29, 1.82) is 0 Å². The van der Waals surface area contributed by atoms with Gasteiger partial charge >= 0.3 is 0 Å². The maximum atomic E-state index is 11.9. The van der Waals surface area contributed by atoms with E-state index in [1.165, 1.54) is 0 Å². The summed E-state index contributed by atoms with van der Waals surface area (Å²) in [5.74, 6) is -0.0393. The molecule has 1 heterocycles. The maximum Gasteiger partial charge on any atom is 0.225 e. The summed E-state index contributed by atoms with van der Waals surface area (Å²) in [6.45, 7) is 4.05. The topological polar surface area (TPSA) is 68.0 Å². The number of amides is 1. The van der Waals surface area contributed by atoms with Gasteiger partial charge in [0.15, 0.2) is 0 Å². The van der Waals surface area contributed by atoms with Crippen molar-refractivity contribution in [2.24, 2.45) is 5.73 Å². The predicted molar refractivity (Wildman–Crippen MR) is 88.4 cm³/mol. The number of rotatable bonds is 6. The quantitative estimate of drug-likeness (QED) is 0.857. The first-order valence-electron chi connectivity index (χ1n) is 7.16. The molecule has 2 rings (SSSR count). The molecule has 0 saturated heterocycles. The van der Waals surface area contributed by atoms with Crippen LogP contribution in [0.3, 0.4) is 0 Å². The second-order valence-corrected chi connectivity index (χ2v) is 6.20.